The zero-order valence-electron chi connectivity index (χ0n) is 9.17. The molecule has 1 aromatic carbocycles. The molecule has 1 N–H and O–H groups in total. The van der Waals surface area contributed by atoms with Crippen LogP contribution in [0.2, 0.25) is 10.0 Å². The van der Waals surface area contributed by atoms with E-state index in [4.69, 9.17) is 27.9 Å². The summed E-state index contributed by atoms with van der Waals surface area (Å²) in [6.45, 7) is 4.71. The topological polar surface area (TPSA) is 21.3 Å². The molecule has 0 aliphatic carbocycles. The van der Waals surface area contributed by atoms with Crippen LogP contribution in [0.3, 0.4) is 0 Å². The Labute approximate surface area is 106 Å². The summed E-state index contributed by atoms with van der Waals surface area (Å²) in [7, 11) is 0. The molecule has 4 heteroatoms. The Hall–Kier alpha value is -0.280. The van der Waals surface area contributed by atoms with E-state index >= 15 is 0 Å². The van der Waals surface area contributed by atoms with Crippen molar-refractivity contribution in [3.8, 4) is 0 Å². The van der Waals surface area contributed by atoms with E-state index in [2.05, 4.69) is 12.2 Å². The summed E-state index contributed by atoms with van der Waals surface area (Å²) in [5.41, 5.74) is 1.01. The fraction of sp³-hybridized carbons (Fsp3) is 0.500. The summed E-state index contributed by atoms with van der Waals surface area (Å²) in [4.78, 5) is 0. The summed E-state index contributed by atoms with van der Waals surface area (Å²) >= 11 is 12.0. The Kier molecular flexibility index (Phi) is 4.09. The van der Waals surface area contributed by atoms with Gasteiger partial charge in [-0.25, -0.2) is 0 Å². The van der Waals surface area contributed by atoms with E-state index in [-0.39, 0.29) is 6.10 Å². The molecule has 2 unspecified atom stereocenters. The first-order valence-electron chi connectivity index (χ1n) is 5.44. The maximum atomic E-state index is 6.16. The lowest BCUT2D eigenvalue weighted by Gasteiger charge is -2.17. The van der Waals surface area contributed by atoms with Crippen LogP contribution in [0.4, 0.5) is 0 Å². The van der Waals surface area contributed by atoms with Gasteiger partial charge in [-0.05, 0) is 18.1 Å². The van der Waals surface area contributed by atoms with Crippen molar-refractivity contribution in [2.45, 2.75) is 13.0 Å². The molecular formula is C12H15Cl2NO. The lowest BCUT2D eigenvalue weighted by atomic mass is 10.1. The van der Waals surface area contributed by atoms with Crippen molar-refractivity contribution < 1.29 is 4.74 Å². The number of hydrogen-bond acceptors (Lipinski definition) is 2. The van der Waals surface area contributed by atoms with E-state index in [1.165, 1.54) is 0 Å². The van der Waals surface area contributed by atoms with E-state index in [0.717, 1.165) is 25.3 Å². The standard InChI is InChI=1S/C12H15Cl2NO/c1-8-5-15-6-12(16-7-8)10-3-2-9(13)4-11(10)14/h2-4,8,12,15H,5-7H2,1H3. The summed E-state index contributed by atoms with van der Waals surface area (Å²) in [5.74, 6) is 0.538. The Morgan fingerprint density at radius 2 is 2.12 bits per heavy atom. The summed E-state index contributed by atoms with van der Waals surface area (Å²) < 4.78 is 5.83. The first-order valence-corrected chi connectivity index (χ1v) is 6.19. The van der Waals surface area contributed by atoms with E-state index in [9.17, 15) is 0 Å². The maximum absolute atomic E-state index is 6.16. The normalized spacial score (nSPS) is 26.4. The number of hydrogen-bond donors (Lipinski definition) is 1. The molecule has 0 aromatic heterocycles. The van der Waals surface area contributed by atoms with Gasteiger partial charge in [-0.2, -0.15) is 0 Å². The molecule has 0 saturated carbocycles. The molecule has 1 aliphatic rings. The van der Waals surface area contributed by atoms with Crippen molar-refractivity contribution >= 4 is 23.2 Å². The van der Waals surface area contributed by atoms with Crippen LogP contribution in [0.15, 0.2) is 18.2 Å². The van der Waals surface area contributed by atoms with E-state index in [1.807, 2.05) is 12.1 Å². The Balaban J connectivity index is 2.16. The van der Waals surface area contributed by atoms with Crippen molar-refractivity contribution in [1.29, 1.82) is 0 Å². The molecule has 2 nitrogen and oxygen atoms in total. The molecule has 0 bridgehead atoms. The van der Waals surface area contributed by atoms with Crippen LogP contribution < -0.4 is 5.32 Å². The number of nitrogens with one attached hydrogen (secondary N) is 1. The average molecular weight is 260 g/mol. The molecule has 1 saturated heterocycles. The predicted molar refractivity (Wildman–Crippen MR) is 67.2 cm³/mol. The summed E-state index contributed by atoms with van der Waals surface area (Å²) in [6, 6.07) is 5.55. The van der Waals surface area contributed by atoms with Crippen LogP contribution in [-0.4, -0.2) is 19.7 Å². The van der Waals surface area contributed by atoms with Gasteiger partial charge in [0.15, 0.2) is 0 Å². The number of ether oxygens (including phenoxy) is 1. The Morgan fingerprint density at radius 1 is 1.31 bits per heavy atom. The van der Waals surface area contributed by atoms with Crippen LogP contribution in [-0.2, 0) is 4.74 Å². The number of rotatable bonds is 1. The highest BCUT2D eigenvalue weighted by atomic mass is 35.5. The van der Waals surface area contributed by atoms with Gasteiger partial charge in [-0.1, -0.05) is 36.2 Å². The van der Waals surface area contributed by atoms with Crippen molar-refractivity contribution in [2.24, 2.45) is 5.92 Å². The molecule has 1 aliphatic heterocycles. The average Bonchev–Trinajstić information content (AvgIpc) is 2.43. The highest BCUT2D eigenvalue weighted by Crippen LogP contribution is 2.29. The first-order chi connectivity index (χ1) is 7.66. The molecule has 1 heterocycles. The van der Waals surface area contributed by atoms with Gasteiger partial charge < -0.3 is 10.1 Å². The number of halogens is 2. The minimum absolute atomic E-state index is 0.0229. The van der Waals surface area contributed by atoms with Gasteiger partial charge in [0.25, 0.3) is 0 Å². The molecule has 1 fully saturated rings. The zero-order chi connectivity index (χ0) is 11.5. The highest BCUT2D eigenvalue weighted by molar-refractivity contribution is 6.35. The van der Waals surface area contributed by atoms with Gasteiger partial charge in [0.05, 0.1) is 12.7 Å². The second-order valence-corrected chi connectivity index (χ2v) is 5.09. The van der Waals surface area contributed by atoms with Gasteiger partial charge in [0, 0.05) is 28.7 Å². The largest absolute Gasteiger partial charge is 0.372 e. The lowest BCUT2D eigenvalue weighted by molar-refractivity contribution is 0.0516. The summed E-state index contributed by atoms with van der Waals surface area (Å²) in [6.07, 6.45) is 0.0229. The van der Waals surface area contributed by atoms with E-state index in [1.54, 1.807) is 6.07 Å². The maximum Gasteiger partial charge on any atom is 0.0963 e. The van der Waals surface area contributed by atoms with E-state index < -0.39 is 0 Å². The fourth-order valence-corrected chi connectivity index (χ4v) is 2.35. The third-order valence-corrected chi connectivity index (χ3v) is 3.28. The molecule has 0 amide bonds. The third kappa shape index (κ3) is 2.89. The van der Waals surface area contributed by atoms with Crippen LogP contribution >= 0.6 is 23.2 Å². The first kappa shape index (κ1) is 12.2. The molecule has 16 heavy (non-hydrogen) atoms. The molecule has 88 valence electrons. The summed E-state index contributed by atoms with van der Waals surface area (Å²) in [5, 5.41) is 4.70. The minimum Gasteiger partial charge on any atom is -0.372 e. The van der Waals surface area contributed by atoms with Crippen molar-refractivity contribution in [3.63, 3.8) is 0 Å². The van der Waals surface area contributed by atoms with Gasteiger partial charge in [-0.15, -0.1) is 0 Å². The molecule has 0 spiro atoms. The SMILES string of the molecule is CC1CNCC(c2ccc(Cl)cc2Cl)OC1. The van der Waals surface area contributed by atoms with Gasteiger partial charge in [0.1, 0.15) is 0 Å². The van der Waals surface area contributed by atoms with Gasteiger partial charge >= 0.3 is 0 Å². The zero-order valence-corrected chi connectivity index (χ0v) is 10.7. The van der Waals surface area contributed by atoms with Crippen molar-refractivity contribution in [2.75, 3.05) is 19.7 Å². The monoisotopic (exact) mass is 259 g/mol. The second kappa shape index (κ2) is 5.37. The quantitative estimate of drug-likeness (QED) is 0.836. The van der Waals surface area contributed by atoms with E-state index in [0.29, 0.717) is 16.0 Å². The Bertz CT molecular complexity index is 370. The molecular weight excluding hydrogens is 245 g/mol. The predicted octanol–water partition coefficient (Wildman–Crippen LogP) is 3.29. The second-order valence-electron chi connectivity index (χ2n) is 4.25. The van der Waals surface area contributed by atoms with Crippen molar-refractivity contribution in [1.82, 2.24) is 5.32 Å². The van der Waals surface area contributed by atoms with Crippen molar-refractivity contribution in [3.05, 3.63) is 33.8 Å². The van der Waals surface area contributed by atoms with Crippen LogP contribution in [0.5, 0.6) is 0 Å². The molecule has 1 aromatic rings. The number of benzene rings is 1. The van der Waals surface area contributed by atoms with Crippen LogP contribution in [0, 0.1) is 5.92 Å². The molecule has 2 atom stereocenters. The highest BCUT2D eigenvalue weighted by Gasteiger charge is 2.19. The van der Waals surface area contributed by atoms with Gasteiger partial charge in [-0.3, -0.25) is 0 Å². The molecule has 0 radical (unpaired) electrons. The minimum atomic E-state index is 0.0229. The smallest absolute Gasteiger partial charge is 0.0963 e. The lowest BCUT2D eigenvalue weighted by Crippen LogP contribution is -2.22. The Morgan fingerprint density at radius 3 is 2.88 bits per heavy atom. The van der Waals surface area contributed by atoms with Crippen LogP contribution in [0.1, 0.15) is 18.6 Å². The third-order valence-electron chi connectivity index (χ3n) is 2.71. The molecule has 2 rings (SSSR count). The van der Waals surface area contributed by atoms with Gasteiger partial charge in [0.2, 0.25) is 0 Å². The van der Waals surface area contributed by atoms with Crippen LogP contribution in [0.25, 0.3) is 0 Å². The fourth-order valence-electron chi connectivity index (χ4n) is 1.82.